The Morgan fingerprint density at radius 1 is 1.12 bits per heavy atom. The summed E-state index contributed by atoms with van der Waals surface area (Å²) in [5.74, 6) is 7.77. The van der Waals surface area contributed by atoms with E-state index in [0.717, 1.165) is 27.6 Å². The molecule has 1 saturated carbocycles. The number of hydrogen-bond donors (Lipinski definition) is 1. The summed E-state index contributed by atoms with van der Waals surface area (Å²) in [6.45, 7) is 0.458. The number of hydrogen-bond acceptors (Lipinski definition) is 7. The topological polar surface area (TPSA) is 94.8 Å². The van der Waals surface area contributed by atoms with E-state index in [4.69, 9.17) is 16.3 Å². The number of carbonyl (C=O) groups is 1. The molecule has 10 heteroatoms. The lowest BCUT2D eigenvalue weighted by atomic mass is 9.83. The van der Waals surface area contributed by atoms with Crippen molar-refractivity contribution in [3.05, 3.63) is 105 Å². The van der Waals surface area contributed by atoms with Gasteiger partial charge in [-0.1, -0.05) is 48.2 Å². The van der Waals surface area contributed by atoms with Crippen molar-refractivity contribution in [1.29, 1.82) is 0 Å². The molecule has 0 unspecified atom stereocenters. The van der Waals surface area contributed by atoms with Gasteiger partial charge < -0.3 is 10.1 Å². The first-order valence-electron chi connectivity index (χ1n) is 13.1. The predicted octanol–water partition coefficient (Wildman–Crippen LogP) is 6.43. The van der Waals surface area contributed by atoms with E-state index in [0.29, 0.717) is 35.1 Å². The fourth-order valence-corrected chi connectivity index (χ4v) is 5.40. The summed E-state index contributed by atoms with van der Waals surface area (Å²) >= 11 is 8.08. The number of rotatable bonds is 7. The largest absolute Gasteiger partial charge is 0.497 e. The molecule has 41 heavy (non-hydrogen) atoms. The Bertz CT molecular complexity index is 1770. The minimum absolute atomic E-state index is 0.286. The molecule has 0 saturated heterocycles. The number of amides is 1. The zero-order valence-corrected chi connectivity index (χ0v) is 23.7. The number of tetrazole rings is 1. The van der Waals surface area contributed by atoms with E-state index in [1.807, 2.05) is 48.5 Å². The Kier molecular flexibility index (Phi) is 7.76. The smallest absolute Gasteiger partial charge is 0.257 e. The minimum atomic E-state index is -0.326. The highest BCUT2D eigenvalue weighted by Crippen LogP contribution is 2.36. The van der Waals surface area contributed by atoms with E-state index in [9.17, 15) is 4.79 Å². The van der Waals surface area contributed by atoms with Crippen molar-refractivity contribution in [2.24, 2.45) is 0 Å². The SMILES string of the molecule is COc1ccc(Cn2nnc(-c3ccc(C(=O)Nc4cccc(C#Cc5nc(C6CCC6)cs5)c4)c(Cl)c3)n2)cc1. The normalized spacial score (nSPS) is 12.7. The number of nitrogens with zero attached hydrogens (tertiary/aromatic N) is 5. The Labute approximate surface area is 246 Å². The number of carbonyl (C=O) groups excluding carboxylic acids is 1. The van der Waals surface area contributed by atoms with Crippen LogP contribution in [0.5, 0.6) is 5.75 Å². The van der Waals surface area contributed by atoms with Crippen LogP contribution in [-0.2, 0) is 6.54 Å². The molecular weight excluding hydrogens is 556 g/mol. The molecule has 3 aromatic carbocycles. The Morgan fingerprint density at radius 2 is 1.98 bits per heavy atom. The number of anilines is 1. The van der Waals surface area contributed by atoms with Crippen molar-refractivity contribution >= 4 is 34.5 Å². The summed E-state index contributed by atoms with van der Waals surface area (Å²) in [6.07, 6.45) is 3.72. The third-order valence-electron chi connectivity index (χ3n) is 6.89. The van der Waals surface area contributed by atoms with Crippen molar-refractivity contribution in [1.82, 2.24) is 25.2 Å². The summed E-state index contributed by atoms with van der Waals surface area (Å²) in [5, 5.41) is 18.9. The van der Waals surface area contributed by atoms with Crippen molar-refractivity contribution in [3.63, 3.8) is 0 Å². The molecule has 1 fully saturated rings. The molecular formula is C31H25ClN6O2S. The van der Waals surface area contributed by atoms with Gasteiger partial charge in [0.15, 0.2) is 5.01 Å². The maximum atomic E-state index is 13.0. The molecule has 0 radical (unpaired) electrons. The summed E-state index contributed by atoms with van der Waals surface area (Å²) in [6, 6.07) is 20.1. The zero-order valence-electron chi connectivity index (χ0n) is 22.2. The number of aromatic nitrogens is 5. The second-order valence-corrected chi connectivity index (χ2v) is 10.9. The van der Waals surface area contributed by atoms with Crippen LogP contribution in [0.4, 0.5) is 5.69 Å². The summed E-state index contributed by atoms with van der Waals surface area (Å²) < 4.78 is 5.20. The number of halogens is 1. The number of ether oxygens (including phenoxy) is 1. The summed E-state index contributed by atoms with van der Waals surface area (Å²) in [7, 11) is 1.63. The van der Waals surface area contributed by atoms with Gasteiger partial charge in [0.25, 0.3) is 5.91 Å². The molecule has 1 amide bonds. The number of nitrogens with one attached hydrogen (secondary N) is 1. The van der Waals surface area contributed by atoms with Crippen LogP contribution < -0.4 is 10.1 Å². The van der Waals surface area contributed by atoms with Crippen LogP contribution in [0, 0.1) is 11.8 Å². The van der Waals surface area contributed by atoms with Crippen LogP contribution >= 0.6 is 22.9 Å². The average Bonchev–Trinajstić information content (AvgIpc) is 3.61. The molecule has 0 bridgehead atoms. The number of thiazole rings is 1. The van der Waals surface area contributed by atoms with Crippen LogP contribution in [0.3, 0.4) is 0 Å². The van der Waals surface area contributed by atoms with Gasteiger partial charge in [0.2, 0.25) is 5.82 Å². The van der Waals surface area contributed by atoms with Gasteiger partial charge in [-0.05, 0) is 72.0 Å². The monoisotopic (exact) mass is 580 g/mol. The molecule has 0 spiro atoms. The van der Waals surface area contributed by atoms with Crippen molar-refractivity contribution in [2.75, 3.05) is 12.4 Å². The molecule has 5 aromatic rings. The lowest BCUT2D eigenvalue weighted by molar-refractivity contribution is 0.102. The predicted molar refractivity (Wildman–Crippen MR) is 159 cm³/mol. The van der Waals surface area contributed by atoms with Crippen LogP contribution in [0.2, 0.25) is 5.02 Å². The van der Waals surface area contributed by atoms with Crippen LogP contribution in [0.15, 0.2) is 72.1 Å². The van der Waals surface area contributed by atoms with Gasteiger partial charge in [0.05, 0.1) is 29.9 Å². The summed E-state index contributed by atoms with van der Waals surface area (Å²) in [5.41, 5.74) is 4.57. The van der Waals surface area contributed by atoms with Gasteiger partial charge in [-0.2, -0.15) is 4.80 Å². The van der Waals surface area contributed by atoms with E-state index in [-0.39, 0.29) is 10.9 Å². The summed E-state index contributed by atoms with van der Waals surface area (Å²) in [4.78, 5) is 19.2. The first-order valence-corrected chi connectivity index (χ1v) is 14.4. The van der Waals surface area contributed by atoms with E-state index in [1.54, 1.807) is 36.6 Å². The molecule has 2 aromatic heterocycles. The number of benzene rings is 3. The quantitative estimate of drug-likeness (QED) is 0.223. The second kappa shape index (κ2) is 11.9. The minimum Gasteiger partial charge on any atom is -0.497 e. The van der Waals surface area contributed by atoms with Gasteiger partial charge in [-0.15, -0.1) is 21.5 Å². The number of methoxy groups -OCH3 is 1. The molecule has 1 aliphatic carbocycles. The fraction of sp³-hybridized carbons (Fsp3) is 0.194. The first kappa shape index (κ1) is 26.7. The highest BCUT2D eigenvalue weighted by molar-refractivity contribution is 7.10. The van der Waals surface area contributed by atoms with Crippen molar-refractivity contribution in [3.8, 4) is 29.0 Å². The Morgan fingerprint density at radius 3 is 2.73 bits per heavy atom. The van der Waals surface area contributed by atoms with Gasteiger partial charge in [-0.3, -0.25) is 4.79 Å². The molecule has 6 rings (SSSR count). The molecule has 204 valence electrons. The average molecular weight is 581 g/mol. The van der Waals surface area contributed by atoms with E-state index >= 15 is 0 Å². The fourth-order valence-electron chi connectivity index (χ4n) is 4.39. The molecule has 1 N–H and O–H groups in total. The zero-order chi connectivity index (χ0) is 28.2. The Balaban J connectivity index is 1.10. The van der Waals surface area contributed by atoms with Crippen LogP contribution in [0.1, 0.15) is 57.4 Å². The van der Waals surface area contributed by atoms with Gasteiger partial charge in [0.1, 0.15) is 5.75 Å². The highest BCUT2D eigenvalue weighted by atomic mass is 35.5. The maximum absolute atomic E-state index is 13.0. The van der Waals surface area contributed by atoms with E-state index < -0.39 is 0 Å². The third kappa shape index (κ3) is 6.30. The highest BCUT2D eigenvalue weighted by Gasteiger charge is 2.21. The third-order valence-corrected chi connectivity index (χ3v) is 7.98. The van der Waals surface area contributed by atoms with Crippen LogP contribution in [-0.4, -0.2) is 38.2 Å². The lowest BCUT2D eigenvalue weighted by Crippen LogP contribution is -2.12. The Hall–Kier alpha value is -4.52. The molecule has 0 atom stereocenters. The molecule has 1 aliphatic rings. The van der Waals surface area contributed by atoms with E-state index in [1.165, 1.54) is 24.1 Å². The van der Waals surface area contributed by atoms with E-state index in [2.05, 4.69) is 42.9 Å². The van der Waals surface area contributed by atoms with Crippen molar-refractivity contribution in [2.45, 2.75) is 31.7 Å². The molecule has 2 heterocycles. The standard InChI is InChI=1S/C31H25ClN6O2S/c1-40-25-12-8-21(9-13-25)18-38-36-30(35-37-38)23-11-14-26(27(32)17-23)31(39)33-24-7-2-4-20(16-24)10-15-29-34-28(19-41-29)22-5-3-6-22/h2,4,7-9,11-14,16-17,19,22H,3,5-6,18H2,1H3,(H,33,39). The molecule has 8 nitrogen and oxygen atoms in total. The lowest BCUT2D eigenvalue weighted by Gasteiger charge is -2.22. The first-order chi connectivity index (χ1) is 20.0. The maximum Gasteiger partial charge on any atom is 0.257 e. The second-order valence-electron chi connectivity index (χ2n) is 9.68. The van der Waals surface area contributed by atoms with Gasteiger partial charge in [0, 0.05) is 28.1 Å². The molecule has 0 aliphatic heterocycles. The van der Waals surface area contributed by atoms with Gasteiger partial charge >= 0.3 is 0 Å². The van der Waals surface area contributed by atoms with Crippen LogP contribution in [0.25, 0.3) is 11.4 Å². The van der Waals surface area contributed by atoms with Crippen molar-refractivity contribution < 1.29 is 9.53 Å². The van der Waals surface area contributed by atoms with Gasteiger partial charge in [-0.25, -0.2) is 4.98 Å².